The van der Waals surface area contributed by atoms with Gasteiger partial charge in [-0.1, -0.05) is 19.8 Å². The van der Waals surface area contributed by atoms with Gasteiger partial charge in [-0.25, -0.2) is 0 Å². The highest BCUT2D eigenvalue weighted by molar-refractivity contribution is 5.91. The molecule has 0 radical (unpaired) electrons. The third kappa shape index (κ3) is 5.72. The van der Waals surface area contributed by atoms with E-state index in [4.69, 9.17) is 9.47 Å². The number of ether oxygens (including phenoxy) is 2. The quantitative estimate of drug-likeness (QED) is 0.822. The molecule has 5 heteroatoms. The maximum absolute atomic E-state index is 12.1. The highest BCUT2D eigenvalue weighted by Gasteiger charge is 2.22. The average molecular weight is 346 g/mol. The first-order valence-electron chi connectivity index (χ1n) is 9.56. The average Bonchev–Trinajstić information content (AvgIpc) is 2.64. The Balaban J connectivity index is 1.41. The van der Waals surface area contributed by atoms with Gasteiger partial charge in [0.2, 0.25) is 5.91 Å². The van der Waals surface area contributed by atoms with Gasteiger partial charge in [-0.2, -0.15) is 0 Å². The first-order valence-corrected chi connectivity index (χ1v) is 9.56. The van der Waals surface area contributed by atoms with E-state index in [1.54, 1.807) is 0 Å². The predicted molar refractivity (Wildman–Crippen MR) is 99.9 cm³/mol. The van der Waals surface area contributed by atoms with E-state index in [0.29, 0.717) is 12.0 Å². The second-order valence-corrected chi connectivity index (χ2v) is 7.27. The molecule has 1 heterocycles. The zero-order chi connectivity index (χ0) is 17.5. The van der Waals surface area contributed by atoms with E-state index in [9.17, 15) is 4.79 Å². The Labute approximate surface area is 150 Å². The molecule has 1 aliphatic heterocycles. The van der Waals surface area contributed by atoms with Crippen LogP contribution in [0.4, 0.5) is 11.4 Å². The molecule has 0 bridgehead atoms. The lowest BCUT2D eigenvalue weighted by atomic mass is 9.88. The van der Waals surface area contributed by atoms with Crippen LogP contribution in [0.5, 0.6) is 0 Å². The molecule has 138 valence electrons. The van der Waals surface area contributed by atoms with Gasteiger partial charge in [-0.05, 0) is 55.9 Å². The second kappa shape index (κ2) is 9.20. The Morgan fingerprint density at radius 3 is 2.48 bits per heavy atom. The van der Waals surface area contributed by atoms with Crippen LogP contribution in [-0.4, -0.2) is 37.9 Å². The number of carbonyl (C=O) groups is 1. The van der Waals surface area contributed by atoms with Gasteiger partial charge < -0.3 is 20.1 Å². The molecule has 2 N–H and O–H groups in total. The maximum atomic E-state index is 12.1. The second-order valence-electron chi connectivity index (χ2n) is 7.27. The lowest BCUT2D eigenvalue weighted by molar-refractivity contribution is -0.124. The summed E-state index contributed by atoms with van der Waals surface area (Å²) in [7, 11) is 0. The smallest absolute Gasteiger partial charge is 0.250 e. The molecule has 2 aliphatic rings. The van der Waals surface area contributed by atoms with Crippen molar-refractivity contribution in [1.29, 1.82) is 0 Å². The third-order valence-corrected chi connectivity index (χ3v) is 5.22. The standard InChI is InChI=1S/C20H30N2O3/c1-15-4-2-3-5-19(15)25-14-20(23)22-17-8-6-16(7-9-17)21-18-10-12-24-13-11-18/h6-9,15,18-19,21H,2-5,10-14H2,1H3,(H,22,23)/t15-,19-/m0/s1. The highest BCUT2D eigenvalue weighted by atomic mass is 16.5. The SMILES string of the molecule is C[C@H]1CCCC[C@@H]1OCC(=O)Nc1ccc(NC2CCOCC2)cc1. The minimum absolute atomic E-state index is 0.0806. The molecule has 0 unspecified atom stereocenters. The lowest BCUT2D eigenvalue weighted by Gasteiger charge is -2.28. The molecule has 1 aliphatic carbocycles. The van der Waals surface area contributed by atoms with Crippen LogP contribution < -0.4 is 10.6 Å². The topological polar surface area (TPSA) is 59.6 Å². The van der Waals surface area contributed by atoms with E-state index in [2.05, 4.69) is 17.6 Å². The van der Waals surface area contributed by atoms with Crippen molar-refractivity contribution >= 4 is 17.3 Å². The Bertz CT molecular complexity index is 540. The molecule has 2 atom stereocenters. The van der Waals surface area contributed by atoms with E-state index in [0.717, 1.165) is 43.9 Å². The van der Waals surface area contributed by atoms with Crippen molar-refractivity contribution in [3.63, 3.8) is 0 Å². The van der Waals surface area contributed by atoms with E-state index in [1.807, 2.05) is 24.3 Å². The number of hydrogen-bond acceptors (Lipinski definition) is 4. The summed E-state index contributed by atoms with van der Waals surface area (Å²) in [6.07, 6.45) is 7.06. The van der Waals surface area contributed by atoms with E-state index < -0.39 is 0 Å². The Morgan fingerprint density at radius 1 is 1.08 bits per heavy atom. The normalized spacial score (nSPS) is 24.7. The molecular formula is C20H30N2O3. The largest absolute Gasteiger partial charge is 0.382 e. The molecule has 0 spiro atoms. The van der Waals surface area contributed by atoms with E-state index >= 15 is 0 Å². The first kappa shape index (κ1) is 18.2. The number of hydrogen-bond donors (Lipinski definition) is 2. The van der Waals surface area contributed by atoms with Crippen LogP contribution in [0.15, 0.2) is 24.3 Å². The fourth-order valence-electron chi connectivity index (χ4n) is 3.64. The lowest BCUT2D eigenvalue weighted by Crippen LogP contribution is -2.29. The maximum Gasteiger partial charge on any atom is 0.250 e. The summed E-state index contributed by atoms with van der Waals surface area (Å²) in [4.78, 5) is 12.1. The van der Waals surface area contributed by atoms with Crippen LogP contribution in [0.1, 0.15) is 45.4 Å². The molecule has 1 aromatic carbocycles. The fraction of sp³-hybridized carbons (Fsp3) is 0.650. The molecule has 5 nitrogen and oxygen atoms in total. The van der Waals surface area contributed by atoms with Crippen LogP contribution in [-0.2, 0) is 14.3 Å². The molecule has 2 fully saturated rings. The van der Waals surface area contributed by atoms with Crippen LogP contribution >= 0.6 is 0 Å². The van der Waals surface area contributed by atoms with Crippen molar-refractivity contribution in [2.45, 2.75) is 57.6 Å². The molecule has 1 saturated heterocycles. The fourth-order valence-corrected chi connectivity index (χ4v) is 3.64. The number of carbonyl (C=O) groups excluding carboxylic acids is 1. The number of benzene rings is 1. The van der Waals surface area contributed by atoms with Crippen LogP contribution in [0, 0.1) is 5.92 Å². The van der Waals surface area contributed by atoms with Gasteiger partial charge in [0.15, 0.2) is 0 Å². The minimum atomic E-state index is -0.0806. The van der Waals surface area contributed by atoms with Gasteiger partial charge in [0.25, 0.3) is 0 Å². The van der Waals surface area contributed by atoms with Crippen molar-refractivity contribution in [1.82, 2.24) is 0 Å². The number of amides is 1. The molecule has 25 heavy (non-hydrogen) atoms. The minimum Gasteiger partial charge on any atom is -0.382 e. The van der Waals surface area contributed by atoms with E-state index in [1.165, 1.54) is 19.3 Å². The van der Waals surface area contributed by atoms with Crippen molar-refractivity contribution < 1.29 is 14.3 Å². The molecular weight excluding hydrogens is 316 g/mol. The molecule has 1 saturated carbocycles. The molecule has 1 aromatic rings. The summed E-state index contributed by atoms with van der Waals surface area (Å²) in [6, 6.07) is 8.36. The van der Waals surface area contributed by atoms with Crippen molar-refractivity contribution in [2.24, 2.45) is 5.92 Å². The summed E-state index contributed by atoms with van der Waals surface area (Å²) in [5, 5.41) is 6.43. The molecule has 1 amide bonds. The van der Waals surface area contributed by atoms with Crippen molar-refractivity contribution in [2.75, 3.05) is 30.5 Å². The summed E-state index contributed by atoms with van der Waals surface area (Å²) in [6.45, 7) is 4.00. The summed E-state index contributed by atoms with van der Waals surface area (Å²) < 4.78 is 11.2. The zero-order valence-electron chi connectivity index (χ0n) is 15.1. The number of rotatable bonds is 6. The summed E-state index contributed by atoms with van der Waals surface area (Å²) >= 11 is 0. The van der Waals surface area contributed by atoms with Crippen molar-refractivity contribution in [3.8, 4) is 0 Å². The van der Waals surface area contributed by atoms with Crippen LogP contribution in [0.25, 0.3) is 0 Å². The van der Waals surface area contributed by atoms with E-state index in [-0.39, 0.29) is 18.6 Å². The Morgan fingerprint density at radius 2 is 1.76 bits per heavy atom. The monoisotopic (exact) mass is 346 g/mol. The van der Waals surface area contributed by atoms with Crippen LogP contribution in [0.3, 0.4) is 0 Å². The predicted octanol–water partition coefficient (Wildman–Crippen LogP) is 3.81. The Kier molecular flexibility index (Phi) is 6.70. The third-order valence-electron chi connectivity index (χ3n) is 5.22. The number of nitrogens with one attached hydrogen (secondary N) is 2. The zero-order valence-corrected chi connectivity index (χ0v) is 15.1. The van der Waals surface area contributed by atoms with Crippen molar-refractivity contribution in [3.05, 3.63) is 24.3 Å². The van der Waals surface area contributed by atoms with Gasteiger partial charge in [0.05, 0.1) is 6.10 Å². The highest BCUT2D eigenvalue weighted by Crippen LogP contribution is 2.26. The van der Waals surface area contributed by atoms with Gasteiger partial charge in [-0.3, -0.25) is 4.79 Å². The summed E-state index contributed by atoms with van der Waals surface area (Å²) in [5.41, 5.74) is 1.89. The van der Waals surface area contributed by atoms with Gasteiger partial charge in [0.1, 0.15) is 6.61 Å². The van der Waals surface area contributed by atoms with Gasteiger partial charge in [-0.15, -0.1) is 0 Å². The van der Waals surface area contributed by atoms with Gasteiger partial charge >= 0.3 is 0 Å². The first-order chi connectivity index (χ1) is 12.2. The van der Waals surface area contributed by atoms with Gasteiger partial charge in [0, 0.05) is 30.6 Å². The summed E-state index contributed by atoms with van der Waals surface area (Å²) in [5.74, 6) is 0.472. The molecule has 0 aromatic heterocycles. The number of anilines is 2. The van der Waals surface area contributed by atoms with Crippen LogP contribution in [0.2, 0.25) is 0 Å². The molecule has 3 rings (SSSR count). The Hall–Kier alpha value is -1.59.